The molecule has 0 spiro atoms. The molecule has 3 aliphatic rings. The molecule has 2 aromatic rings. The summed E-state index contributed by atoms with van der Waals surface area (Å²) < 4.78 is 22.7. The van der Waals surface area contributed by atoms with Crippen LogP contribution in [-0.2, 0) is 9.47 Å². The average Bonchev–Trinajstić information content (AvgIpc) is 3.97. The van der Waals surface area contributed by atoms with E-state index in [2.05, 4.69) is 55.5 Å². The average molecular weight is 589 g/mol. The summed E-state index contributed by atoms with van der Waals surface area (Å²) in [5.74, 6) is 2.65. The first-order chi connectivity index (χ1) is 21.2. The number of unbranched alkanes of at least 4 members (excludes halogenated alkanes) is 10. The summed E-state index contributed by atoms with van der Waals surface area (Å²) in [5.41, 5.74) is 5.53. The Morgan fingerprint density at radius 2 is 1.26 bits per heavy atom. The van der Waals surface area contributed by atoms with E-state index in [0.717, 1.165) is 63.6 Å². The summed E-state index contributed by atoms with van der Waals surface area (Å²) in [6.45, 7) is 5.83. The Morgan fingerprint density at radius 1 is 0.674 bits per heavy atom. The van der Waals surface area contributed by atoms with Gasteiger partial charge in [0, 0.05) is 0 Å². The molecule has 0 aromatic heterocycles. The molecule has 5 rings (SSSR count). The van der Waals surface area contributed by atoms with Crippen LogP contribution in [0.1, 0.15) is 132 Å². The fourth-order valence-electron chi connectivity index (χ4n) is 6.45. The highest BCUT2D eigenvalue weighted by molar-refractivity contribution is 5.68. The Labute approximate surface area is 261 Å². The first-order valence-corrected chi connectivity index (χ1v) is 17.6. The zero-order valence-electron chi connectivity index (χ0n) is 26.8. The molecule has 2 saturated heterocycles. The fourth-order valence-corrected chi connectivity index (χ4v) is 6.45. The number of hydrogen-bond donors (Lipinski definition) is 0. The predicted octanol–water partition coefficient (Wildman–Crippen LogP) is 10.4. The van der Waals surface area contributed by atoms with Crippen LogP contribution in [0.4, 0.5) is 0 Å². The molecule has 0 radical (unpaired) electrons. The van der Waals surface area contributed by atoms with Crippen LogP contribution >= 0.6 is 0 Å². The maximum Gasteiger partial charge on any atom is 0.122 e. The summed E-state index contributed by atoms with van der Waals surface area (Å²) >= 11 is 0. The lowest BCUT2D eigenvalue weighted by Gasteiger charge is -2.23. The predicted molar refractivity (Wildman–Crippen MR) is 177 cm³/mol. The molecule has 4 heteroatoms. The molecule has 4 nitrogen and oxygen atoms in total. The van der Waals surface area contributed by atoms with E-state index in [9.17, 15) is 0 Å². The minimum atomic E-state index is 0.593. The van der Waals surface area contributed by atoms with Crippen LogP contribution in [0.2, 0.25) is 0 Å². The molecule has 43 heavy (non-hydrogen) atoms. The Hall–Kier alpha value is -2.30. The second-order valence-corrected chi connectivity index (χ2v) is 13.2. The van der Waals surface area contributed by atoms with Gasteiger partial charge in [0.15, 0.2) is 0 Å². The van der Waals surface area contributed by atoms with Gasteiger partial charge in [0.05, 0.1) is 38.6 Å². The van der Waals surface area contributed by atoms with Crippen LogP contribution < -0.4 is 9.47 Å². The summed E-state index contributed by atoms with van der Waals surface area (Å²) in [6.07, 6.45) is 25.1. The number of rotatable bonds is 22. The SMILES string of the molecule is Cc1cc(C2=CCC(c3ccc(OCCCCCCCCC4CO4)cc3)CC2)ccc1OCCCCCCCCC1CO1. The van der Waals surface area contributed by atoms with Crippen LogP contribution in [0.3, 0.4) is 0 Å². The minimum absolute atomic E-state index is 0.593. The number of hydrogen-bond acceptors (Lipinski definition) is 4. The van der Waals surface area contributed by atoms with Gasteiger partial charge in [0.25, 0.3) is 0 Å². The molecular weight excluding hydrogens is 532 g/mol. The number of ether oxygens (including phenoxy) is 4. The molecule has 2 heterocycles. The van der Waals surface area contributed by atoms with Gasteiger partial charge in [-0.1, -0.05) is 88.5 Å². The van der Waals surface area contributed by atoms with Crippen LogP contribution in [0.25, 0.3) is 5.57 Å². The molecule has 236 valence electrons. The van der Waals surface area contributed by atoms with E-state index in [1.165, 1.54) is 106 Å². The van der Waals surface area contributed by atoms with E-state index in [0.29, 0.717) is 18.1 Å². The second-order valence-electron chi connectivity index (χ2n) is 13.2. The van der Waals surface area contributed by atoms with Crippen molar-refractivity contribution in [3.63, 3.8) is 0 Å². The zero-order valence-corrected chi connectivity index (χ0v) is 26.8. The fraction of sp³-hybridized carbons (Fsp3) is 0.641. The maximum absolute atomic E-state index is 6.14. The van der Waals surface area contributed by atoms with Crippen molar-refractivity contribution in [3.05, 3.63) is 65.2 Å². The molecule has 2 aliphatic heterocycles. The van der Waals surface area contributed by atoms with E-state index < -0.39 is 0 Å². The van der Waals surface area contributed by atoms with Crippen LogP contribution in [0, 0.1) is 6.92 Å². The van der Waals surface area contributed by atoms with Crippen LogP contribution in [0.15, 0.2) is 48.5 Å². The van der Waals surface area contributed by atoms with Gasteiger partial charge in [-0.05, 0) is 104 Å². The van der Waals surface area contributed by atoms with E-state index in [4.69, 9.17) is 18.9 Å². The smallest absolute Gasteiger partial charge is 0.122 e. The molecule has 0 saturated carbocycles. The third-order valence-corrected chi connectivity index (χ3v) is 9.48. The highest BCUT2D eigenvalue weighted by atomic mass is 16.6. The highest BCUT2D eigenvalue weighted by Crippen LogP contribution is 2.37. The molecule has 3 unspecified atom stereocenters. The molecule has 1 aliphatic carbocycles. The van der Waals surface area contributed by atoms with Gasteiger partial charge < -0.3 is 18.9 Å². The van der Waals surface area contributed by atoms with Crippen molar-refractivity contribution in [2.45, 2.75) is 134 Å². The van der Waals surface area contributed by atoms with E-state index in [1.54, 1.807) is 0 Å². The maximum atomic E-state index is 6.14. The lowest BCUT2D eigenvalue weighted by Crippen LogP contribution is -2.05. The van der Waals surface area contributed by atoms with Crippen molar-refractivity contribution in [3.8, 4) is 11.5 Å². The minimum Gasteiger partial charge on any atom is -0.494 e. The quantitative estimate of drug-likeness (QED) is 0.101. The zero-order chi connectivity index (χ0) is 29.5. The lowest BCUT2D eigenvalue weighted by atomic mass is 9.82. The van der Waals surface area contributed by atoms with Crippen molar-refractivity contribution in [1.29, 1.82) is 0 Å². The number of benzene rings is 2. The molecular formula is C39H56O4. The summed E-state index contributed by atoms with van der Waals surface area (Å²) in [4.78, 5) is 0. The topological polar surface area (TPSA) is 43.5 Å². The van der Waals surface area contributed by atoms with Crippen molar-refractivity contribution in [1.82, 2.24) is 0 Å². The second kappa shape index (κ2) is 17.9. The Kier molecular flexibility index (Phi) is 13.3. The van der Waals surface area contributed by atoms with E-state index in [-0.39, 0.29) is 0 Å². The van der Waals surface area contributed by atoms with Gasteiger partial charge in [0.2, 0.25) is 0 Å². The molecule has 2 fully saturated rings. The number of epoxide rings is 2. The van der Waals surface area contributed by atoms with Gasteiger partial charge in [-0.2, -0.15) is 0 Å². The van der Waals surface area contributed by atoms with Gasteiger partial charge in [-0.25, -0.2) is 0 Å². The molecule has 0 bridgehead atoms. The van der Waals surface area contributed by atoms with Gasteiger partial charge in [-0.3, -0.25) is 0 Å². The van der Waals surface area contributed by atoms with Gasteiger partial charge >= 0.3 is 0 Å². The summed E-state index contributed by atoms with van der Waals surface area (Å²) in [5, 5.41) is 0. The van der Waals surface area contributed by atoms with Crippen LogP contribution in [0.5, 0.6) is 11.5 Å². The summed E-state index contributed by atoms with van der Waals surface area (Å²) in [6, 6.07) is 15.7. The monoisotopic (exact) mass is 588 g/mol. The van der Waals surface area contributed by atoms with E-state index in [1.807, 2.05) is 0 Å². The molecule has 0 amide bonds. The Bertz CT molecular complexity index is 1100. The van der Waals surface area contributed by atoms with Crippen molar-refractivity contribution >= 4 is 5.57 Å². The van der Waals surface area contributed by atoms with Crippen molar-refractivity contribution < 1.29 is 18.9 Å². The summed E-state index contributed by atoms with van der Waals surface area (Å²) in [7, 11) is 0. The normalized spacial score (nSPS) is 21.0. The Balaban J connectivity index is 0.936. The first-order valence-electron chi connectivity index (χ1n) is 17.6. The standard InChI is InChI=1S/C39H56O4/c1-31-28-35(22-25-39(31)41-27-13-9-5-3-7-11-15-38-30-43-38)34-18-16-32(17-19-34)33-20-23-36(24-21-33)40-26-12-8-4-2-6-10-14-37-29-42-37/h18,20-25,28,32,37-38H,2-17,19,26-27,29-30H2,1H3. The highest BCUT2D eigenvalue weighted by Gasteiger charge is 2.21. The van der Waals surface area contributed by atoms with Crippen molar-refractivity contribution in [2.24, 2.45) is 0 Å². The number of allylic oxidation sites excluding steroid dienone is 2. The van der Waals surface area contributed by atoms with Crippen LogP contribution in [-0.4, -0.2) is 38.6 Å². The largest absolute Gasteiger partial charge is 0.494 e. The van der Waals surface area contributed by atoms with Gasteiger partial charge in [0.1, 0.15) is 11.5 Å². The molecule has 3 atom stereocenters. The number of aryl methyl sites for hydroxylation is 1. The third kappa shape index (κ3) is 12.0. The van der Waals surface area contributed by atoms with Crippen molar-refractivity contribution in [2.75, 3.05) is 26.4 Å². The molecule has 0 N–H and O–H groups in total. The molecule has 2 aromatic carbocycles. The third-order valence-electron chi connectivity index (χ3n) is 9.48. The lowest BCUT2D eigenvalue weighted by molar-refractivity contribution is 0.302. The first kappa shape index (κ1) is 32.1. The van der Waals surface area contributed by atoms with Gasteiger partial charge in [-0.15, -0.1) is 0 Å². The Morgan fingerprint density at radius 3 is 1.81 bits per heavy atom. The van der Waals surface area contributed by atoms with E-state index >= 15 is 0 Å².